The molecule has 2 unspecified atom stereocenters. The fourth-order valence-corrected chi connectivity index (χ4v) is 4.35. The Morgan fingerprint density at radius 1 is 0.938 bits per heavy atom. The van der Waals surface area contributed by atoms with E-state index in [1.165, 1.54) is 11.9 Å². The summed E-state index contributed by atoms with van der Waals surface area (Å²) in [5, 5.41) is 0. The van der Waals surface area contributed by atoms with Gasteiger partial charge in [0.15, 0.2) is 23.7 Å². The Balaban J connectivity index is 1.64. The highest BCUT2D eigenvalue weighted by Crippen LogP contribution is 2.41. The van der Waals surface area contributed by atoms with Crippen molar-refractivity contribution in [2.45, 2.75) is 12.2 Å². The summed E-state index contributed by atoms with van der Waals surface area (Å²) in [6.07, 6.45) is 1.32. The number of carbonyl (C=O) groups is 2. The van der Waals surface area contributed by atoms with Gasteiger partial charge >= 0.3 is 6.03 Å². The van der Waals surface area contributed by atoms with Gasteiger partial charge in [-0.3, -0.25) is 19.5 Å². The molecule has 5 rings (SSSR count). The predicted molar refractivity (Wildman–Crippen MR) is 119 cm³/mol. The number of anilines is 1. The summed E-state index contributed by atoms with van der Waals surface area (Å²) in [4.78, 5) is 36.8. The number of guanidine groups is 1. The number of para-hydroxylation sites is 1. The maximum absolute atomic E-state index is 13.1. The van der Waals surface area contributed by atoms with E-state index in [0.717, 1.165) is 21.8 Å². The first-order valence-corrected chi connectivity index (χ1v) is 10.2. The number of likely N-dealkylation sites (N-methyl/N-ethyl adjacent to an activating group) is 2. The summed E-state index contributed by atoms with van der Waals surface area (Å²) in [7, 11) is 6.35. The van der Waals surface area contributed by atoms with Crippen LogP contribution in [0.5, 0.6) is 11.5 Å². The standard InChI is InChI=1S/C23H23N5O4/c1-25-20-19(21(29)26(2)23(25)30)27-13-16(14-10-11-17(31-3)18(12-14)32-4)28(22(27)24-20)15-8-6-5-7-9-15/h5-13,19-20H,1-4H3. The molecular formula is C23H23N5O4. The van der Waals surface area contributed by atoms with Crippen LogP contribution in [0.15, 0.2) is 59.7 Å². The normalized spacial score (nSPS) is 22.0. The number of rotatable bonds is 4. The number of amides is 3. The molecule has 32 heavy (non-hydrogen) atoms. The van der Waals surface area contributed by atoms with Crippen LogP contribution in [0.25, 0.3) is 5.70 Å². The zero-order valence-corrected chi connectivity index (χ0v) is 18.2. The molecule has 0 N–H and O–H groups in total. The summed E-state index contributed by atoms with van der Waals surface area (Å²) >= 11 is 0. The van der Waals surface area contributed by atoms with Crippen LogP contribution in [0.2, 0.25) is 0 Å². The van der Waals surface area contributed by atoms with Gasteiger partial charge < -0.3 is 14.4 Å². The Kier molecular flexibility index (Phi) is 4.54. The second-order valence-corrected chi connectivity index (χ2v) is 7.74. The quantitative estimate of drug-likeness (QED) is 0.737. The number of imide groups is 1. The summed E-state index contributed by atoms with van der Waals surface area (Å²) in [5.74, 6) is 1.54. The largest absolute Gasteiger partial charge is 0.493 e. The molecule has 0 aliphatic carbocycles. The van der Waals surface area contributed by atoms with E-state index in [2.05, 4.69) is 0 Å². The molecule has 0 radical (unpaired) electrons. The van der Waals surface area contributed by atoms with Crippen LogP contribution in [0, 0.1) is 0 Å². The molecule has 0 spiro atoms. The topological polar surface area (TPSA) is 77.9 Å². The molecule has 2 atom stereocenters. The number of ether oxygens (including phenoxy) is 2. The van der Waals surface area contributed by atoms with E-state index in [9.17, 15) is 9.59 Å². The van der Waals surface area contributed by atoms with Gasteiger partial charge in [0.2, 0.25) is 5.96 Å². The molecule has 9 heteroatoms. The van der Waals surface area contributed by atoms with Gasteiger partial charge in [0.05, 0.1) is 19.9 Å². The molecule has 3 heterocycles. The van der Waals surface area contributed by atoms with Gasteiger partial charge in [-0.05, 0) is 30.3 Å². The molecule has 3 aliphatic rings. The summed E-state index contributed by atoms with van der Waals surface area (Å²) in [6, 6.07) is 14.5. The molecule has 0 bridgehead atoms. The Labute approximate surface area is 185 Å². The SMILES string of the molecule is COc1ccc(C2=CN3C(=NC4C3C(=O)N(C)C(=O)N4C)N2c2ccccc2)cc1OC. The highest BCUT2D eigenvalue weighted by molar-refractivity contribution is 6.16. The maximum Gasteiger partial charge on any atom is 0.328 e. The Morgan fingerprint density at radius 2 is 1.66 bits per heavy atom. The molecule has 2 aromatic carbocycles. The Hall–Kier alpha value is -4.01. The molecule has 9 nitrogen and oxygen atoms in total. The maximum atomic E-state index is 13.1. The van der Waals surface area contributed by atoms with Crippen LogP contribution in [0.1, 0.15) is 5.56 Å². The minimum atomic E-state index is -0.624. The van der Waals surface area contributed by atoms with Crippen molar-refractivity contribution in [3.63, 3.8) is 0 Å². The minimum absolute atomic E-state index is 0.283. The van der Waals surface area contributed by atoms with Gasteiger partial charge in [0.25, 0.3) is 5.91 Å². The van der Waals surface area contributed by atoms with Crippen LogP contribution in [0.4, 0.5) is 10.5 Å². The lowest BCUT2D eigenvalue weighted by molar-refractivity contribution is -0.135. The smallest absolute Gasteiger partial charge is 0.328 e. The summed E-state index contributed by atoms with van der Waals surface area (Å²) < 4.78 is 10.9. The molecular weight excluding hydrogens is 410 g/mol. The van der Waals surface area contributed by atoms with Gasteiger partial charge in [-0.25, -0.2) is 9.79 Å². The number of hydrogen-bond acceptors (Lipinski definition) is 7. The Bertz CT molecular complexity index is 1160. The molecule has 3 aliphatic heterocycles. The van der Waals surface area contributed by atoms with Crippen molar-refractivity contribution in [3.05, 3.63) is 60.3 Å². The van der Waals surface area contributed by atoms with Crippen molar-refractivity contribution in [1.82, 2.24) is 14.7 Å². The third kappa shape index (κ3) is 2.74. The number of aliphatic imine (C=N–C) groups is 1. The average molecular weight is 433 g/mol. The van der Waals surface area contributed by atoms with Crippen molar-refractivity contribution < 1.29 is 19.1 Å². The number of benzene rings is 2. The lowest BCUT2D eigenvalue weighted by atomic mass is 10.1. The number of nitrogens with zero attached hydrogens (tertiary/aromatic N) is 5. The zero-order valence-electron chi connectivity index (χ0n) is 18.2. The zero-order chi connectivity index (χ0) is 22.6. The van der Waals surface area contributed by atoms with Gasteiger partial charge in [-0.1, -0.05) is 18.2 Å². The van der Waals surface area contributed by atoms with E-state index in [0.29, 0.717) is 17.5 Å². The molecule has 0 aromatic heterocycles. The number of urea groups is 1. The highest BCUT2D eigenvalue weighted by atomic mass is 16.5. The monoisotopic (exact) mass is 433 g/mol. The van der Waals surface area contributed by atoms with E-state index in [1.54, 1.807) is 21.3 Å². The number of methoxy groups -OCH3 is 2. The molecule has 1 saturated heterocycles. The second kappa shape index (κ2) is 7.30. The van der Waals surface area contributed by atoms with Gasteiger partial charge in [0.1, 0.15) is 0 Å². The van der Waals surface area contributed by atoms with Crippen LogP contribution in [-0.2, 0) is 4.79 Å². The molecule has 1 fully saturated rings. The van der Waals surface area contributed by atoms with E-state index < -0.39 is 12.2 Å². The molecule has 3 amide bonds. The summed E-state index contributed by atoms with van der Waals surface area (Å²) in [6.45, 7) is 0. The lowest BCUT2D eigenvalue weighted by Crippen LogP contribution is -2.63. The van der Waals surface area contributed by atoms with Crippen LogP contribution >= 0.6 is 0 Å². The highest BCUT2D eigenvalue weighted by Gasteiger charge is 2.54. The van der Waals surface area contributed by atoms with Crippen molar-refractivity contribution in [1.29, 1.82) is 0 Å². The third-order valence-corrected chi connectivity index (χ3v) is 6.03. The van der Waals surface area contributed by atoms with Gasteiger partial charge in [-0.15, -0.1) is 0 Å². The van der Waals surface area contributed by atoms with Gasteiger partial charge in [0, 0.05) is 31.5 Å². The fourth-order valence-electron chi connectivity index (χ4n) is 4.35. The Morgan fingerprint density at radius 3 is 2.34 bits per heavy atom. The van der Waals surface area contributed by atoms with Crippen molar-refractivity contribution in [3.8, 4) is 11.5 Å². The minimum Gasteiger partial charge on any atom is -0.493 e. The summed E-state index contributed by atoms with van der Waals surface area (Å²) in [5.41, 5.74) is 2.61. The van der Waals surface area contributed by atoms with Crippen molar-refractivity contribution in [2.75, 3.05) is 33.2 Å². The second-order valence-electron chi connectivity index (χ2n) is 7.74. The van der Waals surface area contributed by atoms with Crippen LogP contribution < -0.4 is 14.4 Å². The van der Waals surface area contributed by atoms with E-state index in [-0.39, 0.29) is 11.9 Å². The first-order chi connectivity index (χ1) is 15.5. The first-order valence-electron chi connectivity index (χ1n) is 10.2. The van der Waals surface area contributed by atoms with E-state index >= 15 is 0 Å². The van der Waals surface area contributed by atoms with E-state index in [1.807, 2.05) is 64.5 Å². The van der Waals surface area contributed by atoms with Crippen LogP contribution in [-0.4, -0.2) is 73.1 Å². The van der Waals surface area contributed by atoms with Crippen molar-refractivity contribution >= 4 is 29.3 Å². The number of fused-ring (bicyclic) bond motifs is 3. The first kappa shape index (κ1) is 19.9. The third-order valence-electron chi connectivity index (χ3n) is 6.03. The molecule has 0 saturated carbocycles. The fraction of sp³-hybridized carbons (Fsp3) is 0.261. The number of carbonyl (C=O) groups excluding carboxylic acids is 2. The molecule has 164 valence electrons. The van der Waals surface area contributed by atoms with Crippen molar-refractivity contribution in [2.24, 2.45) is 4.99 Å². The van der Waals surface area contributed by atoms with Crippen LogP contribution in [0.3, 0.4) is 0 Å². The lowest BCUT2D eigenvalue weighted by Gasteiger charge is -2.38. The average Bonchev–Trinajstić information content (AvgIpc) is 3.38. The number of hydrogen-bond donors (Lipinski definition) is 0. The predicted octanol–water partition coefficient (Wildman–Crippen LogP) is 2.41. The van der Waals surface area contributed by atoms with Gasteiger partial charge in [-0.2, -0.15) is 0 Å². The molecule has 2 aromatic rings. The van der Waals surface area contributed by atoms with E-state index in [4.69, 9.17) is 14.5 Å².